The number of ether oxygens (including phenoxy) is 2. The van der Waals surface area contributed by atoms with Gasteiger partial charge in [0.2, 0.25) is 5.79 Å². The normalized spacial score (nSPS) is 29.4. The third kappa shape index (κ3) is 2.09. The zero-order valence-electron chi connectivity index (χ0n) is 12.4. The summed E-state index contributed by atoms with van der Waals surface area (Å²) in [7, 11) is 0. The number of aliphatic hydroxyl groups excluding tert-OH is 1. The van der Waals surface area contributed by atoms with Crippen molar-refractivity contribution in [3.63, 3.8) is 0 Å². The number of rotatable bonds is 3. The van der Waals surface area contributed by atoms with Crippen molar-refractivity contribution < 1.29 is 14.6 Å². The second kappa shape index (κ2) is 5.20. The lowest BCUT2D eigenvalue weighted by Gasteiger charge is -2.34. The van der Waals surface area contributed by atoms with Crippen molar-refractivity contribution in [3.05, 3.63) is 71.8 Å². The van der Waals surface area contributed by atoms with Gasteiger partial charge in [0.15, 0.2) is 0 Å². The lowest BCUT2D eigenvalue weighted by atomic mass is 9.97. The molecule has 114 valence electrons. The monoisotopic (exact) mass is 296 g/mol. The first-order valence-corrected chi connectivity index (χ1v) is 7.79. The molecule has 2 aliphatic rings. The Morgan fingerprint density at radius 2 is 1.50 bits per heavy atom. The molecule has 22 heavy (non-hydrogen) atoms. The summed E-state index contributed by atoms with van der Waals surface area (Å²) >= 11 is 0. The van der Waals surface area contributed by atoms with Crippen molar-refractivity contribution in [2.45, 2.75) is 12.2 Å². The maximum Gasteiger partial charge on any atom is 0.222 e. The average Bonchev–Trinajstić information content (AvgIpc) is 3.32. The molecular weight excluding hydrogens is 276 g/mol. The van der Waals surface area contributed by atoms with E-state index in [9.17, 15) is 5.11 Å². The maximum absolute atomic E-state index is 9.69. The van der Waals surface area contributed by atoms with E-state index in [0.717, 1.165) is 17.5 Å². The van der Waals surface area contributed by atoms with E-state index in [1.165, 1.54) is 0 Å². The number of benzene rings is 2. The van der Waals surface area contributed by atoms with Gasteiger partial charge in [0, 0.05) is 16.5 Å². The van der Waals surface area contributed by atoms with Crippen LogP contribution in [0.5, 0.6) is 0 Å². The predicted octanol–water partition coefficient (Wildman–Crippen LogP) is 2.93. The third-order valence-corrected chi connectivity index (χ3v) is 5.03. The highest BCUT2D eigenvalue weighted by Crippen LogP contribution is 2.56. The molecule has 1 saturated carbocycles. The largest absolute Gasteiger partial charge is 0.396 e. The molecule has 2 aromatic carbocycles. The number of hydrogen-bond acceptors (Lipinski definition) is 3. The molecular formula is C19H20O3. The van der Waals surface area contributed by atoms with Gasteiger partial charge in [-0.15, -0.1) is 0 Å². The van der Waals surface area contributed by atoms with Crippen LogP contribution in [0.1, 0.15) is 17.5 Å². The SMILES string of the molecule is OC[C@@]12COC(c3ccccc3)(c3ccccc3)OC[C@@H]1C2. The van der Waals surface area contributed by atoms with Crippen LogP contribution in [-0.4, -0.2) is 24.9 Å². The Morgan fingerprint density at radius 1 is 0.909 bits per heavy atom. The van der Waals surface area contributed by atoms with Crippen molar-refractivity contribution in [1.82, 2.24) is 0 Å². The highest BCUT2D eigenvalue weighted by atomic mass is 16.7. The first-order chi connectivity index (χ1) is 10.8. The van der Waals surface area contributed by atoms with E-state index in [1.54, 1.807) is 0 Å². The Morgan fingerprint density at radius 3 is 2.05 bits per heavy atom. The molecule has 0 spiro atoms. The van der Waals surface area contributed by atoms with Gasteiger partial charge in [0.1, 0.15) is 0 Å². The first-order valence-electron chi connectivity index (χ1n) is 7.79. The minimum atomic E-state index is -0.877. The average molecular weight is 296 g/mol. The van der Waals surface area contributed by atoms with E-state index in [0.29, 0.717) is 19.1 Å². The van der Waals surface area contributed by atoms with Crippen LogP contribution in [0.25, 0.3) is 0 Å². The summed E-state index contributed by atoms with van der Waals surface area (Å²) in [6.07, 6.45) is 0.989. The molecule has 1 aliphatic heterocycles. The predicted molar refractivity (Wildman–Crippen MR) is 83.2 cm³/mol. The van der Waals surface area contributed by atoms with E-state index >= 15 is 0 Å². The van der Waals surface area contributed by atoms with Crippen LogP contribution in [-0.2, 0) is 15.3 Å². The Labute approximate surface area is 130 Å². The molecule has 0 radical (unpaired) electrons. The minimum absolute atomic E-state index is 0.106. The van der Waals surface area contributed by atoms with Crippen LogP contribution in [0.2, 0.25) is 0 Å². The molecule has 0 aromatic heterocycles. The quantitative estimate of drug-likeness (QED) is 0.946. The van der Waals surface area contributed by atoms with Gasteiger partial charge >= 0.3 is 0 Å². The van der Waals surface area contributed by atoms with Crippen molar-refractivity contribution in [2.75, 3.05) is 19.8 Å². The number of hydrogen-bond donors (Lipinski definition) is 1. The van der Waals surface area contributed by atoms with Gasteiger partial charge in [-0.1, -0.05) is 60.7 Å². The van der Waals surface area contributed by atoms with Gasteiger partial charge in [-0.2, -0.15) is 0 Å². The molecule has 2 aromatic rings. The highest BCUT2D eigenvalue weighted by molar-refractivity contribution is 5.34. The van der Waals surface area contributed by atoms with Gasteiger partial charge in [-0.25, -0.2) is 0 Å². The fraction of sp³-hybridized carbons (Fsp3) is 0.368. The summed E-state index contributed by atoms with van der Waals surface area (Å²) in [6, 6.07) is 20.1. The van der Waals surface area contributed by atoms with Crippen molar-refractivity contribution in [1.29, 1.82) is 0 Å². The molecule has 3 nitrogen and oxygen atoms in total. The zero-order chi connectivity index (χ0) is 15.0. The van der Waals surface area contributed by atoms with E-state index < -0.39 is 5.79 Å². The second-order valence-corrected chi connectivity index (χ2v) is 6.37. The first kappa shape index (κ1) is 13.9. The van der Waals surface area contributed by atoms with Crippen molar-refractivity contribution >= 4 is 0 Å². The van der Waals surface area contributed by atoms with Crippen LogP contribution in [0.4, 0.5) is 0 Å². The Kier molecular flexibility index (Phi) is 3.30. The third-order valence-electron chi connectivity index (χ3n) is 5.03. The summed E-state index contributed by atoms with van der Waals surface area (Å²) in [6.45, 7) is 1.31. The lowest BCUT2D eigenvalue weighted by molar-refractivity contribution is -0.214. The molecule has 2 fully saturated rings. The fourth-order valence-corrected chi connectivity index (χ4v) is 3.40. The summed E-state index contributed by atoms with van der Waals surface area (Å²) in [4.78, 5) is 0. The molecule has 1 saturated heterocycles. The molecule has 0 amide bonds. The second-order valence-electron chi connectivity index (χ2n) is 6.37. The van der Waals surface area contributed by atoms with Crippen LogP contribution in [0.15, 0.2) is 60.7 Å². The standard InChI is InChI=1S/C19H20O3/c20-13-18-11-17(18)12-21-19(22-14-18,15-7-3-1-4-8-15)16-9-5-2-6-10-16/h1-10,17,20H,11-14H2/t17-,18-/m0/s1. The summed E-state index contributed by atoms with van der Waals surface area (Å²) in [5.41, 5.74) is 1.89. The van der Waals surface area contributed by atoms with Crippen LogP contribution < -0.4 is 0 Å². The number of aliphatic hydroxyl groups is 1. The Hall–Kier alpha value is -1.68. The van der Waals surface area contributed by atoms with Gasteiger partial charge < -0.3 is 14.6 Å². The van der Waals surface area contributed by atoms with Gasteiger partial charge in [-0.3, -0.25) is 0 Å². The Bertz CT molecular complexity index is 601. The smallest absolute Gasteiger partial charge is 0.222 e. The molecule has 4 rings (SSSR count). The van der Waals surface area contributed by atoms with Crippen LogP contribution >= 0.6 is 0 Å². The lowest BCUT2D eigenvalue weighted by Crippen LogP contribution is -2.35. The molecule has 0 unspecified atom stereocenters. The van der Waals surface area contributed by atoms with Gasteiger partial charge in [0.05, 0.1) is 19.8 Å². The molecule has 3 heteroatoms. The topological polar surface area (TPSA) is 38.7 Å². The number of fused-ring (bicyclic) bond motifs is 1. The summed E-state index contributed by atoms with van der Waals surface area (Å²) in [5.74, 6) is -0.482. The molecule has 1 N–H and O–H groups in total. The van der Waals surface area contributed by atoms with Crippen molar-refractivity contribution in [2.24, 2.45) is 11.3 Å². The summed E-state index contributed by atoms with van der Waals surface area (Å²) in [5, 5.41) is 9.69. The minimum Gasteiger partial charge on any atom is -0.396 e. The summed E-state index contributed by atoms with van der Waals surface area (Å²) < 4.78 is 12.6. The van der Waals surface area contributed by atoms with Gasteiger partial charge in [-0.05, 0) is 12.3 Å². The zero-order valence-corrected chi connectivity index (χ0v) is 12.4. The molecule has 2 atom stereocenters. The van der Waals surface area contributed by atoms with E-state index in [4.69, 9.17) is 9.47 Å². The van der Waals surface area contributed by atoms with E-state index in [1.807, 2.05) is 60.7 Å². The van der Waals surface area contributed by atoms with E-state index in [2.05, 4.69) is 0 Å². The van der Waals surface area contributed by atoms with Crippen molar-refractivity contribution in [3.8, 4) is 0 Å². The van der Waals surface area contributed by atoms with E-state index in [-0.39, 0.29) is 12.0 Å². The maximum atomic E-state index is 9.69. The highest BCUT2D eigenvalue weighted by Gasteiger charge is 2.58. The fourth-order valence-electron chi connectivity index (χ4n) is 3.40. The molecule has 1 heterocycles. The molecule has 1 aliphatic carbocycles. The Balaban J connectivity index is 1.77. The van der Waals surface area contributed by atoms with Crippen LogP contribution in [0.3, 0.4) is 0 Å². The van der Waals surface area contributed by atoms with Crippen LogP contribution in [0, 0.1) is 11.3 Å². The van der Waals surface area contributed by atoms with Gasteiger partial charge in [0.25, 0.3) is 0 Å². The molecule has 0 bridgehead atoms.